The van der Waals surface area contributed by atoms with Crippen LogP contribution in [-0.2, 0) is 4.79 Å². The van der Waals surface area contributed by atoms with E-state index in [-0.39, 0.29) is 37.1 Å². The Labute approximate surface area is 161 Å². The van der Waals surface area contributed by atoms with Gasteiger partial charge in [0.25, 0.3) is 0 Å². The molecule has 0 aliphatic carbocycles. The molecule has 0 N–H and O–H groups in total. The normalized spacial score (nSPS) is 12.5. The van der Waals surface area contributed by atoms with Crippen molar-refractivity contribution in [1.29, 1.82) is 0 Å². The quantitative estimate of drug-likeness (QED) is 0.105. The molecule has 0 aromatic carbocycles. The summed E-state index contributed by atoms with van der Waals surface area (Å²) in [5.41, 5.74) is 0.0375. The second-order valence-corrected chi connectivity index (χ2v) is 6.43. The van der Waals surface area contributed by atoms with Crippen molar-refractivity contribution >= 4 is 6.29 Å². The third kappa shape index (κ3) is 14.5. The van der Waals surface area contributed by atoms with Crippen molar-refractivity contribution in [2.75, 3.05) is 0 Å². The molecule has 0 rings (SSSR count). The van der Waals surface area contributed by atoms with Crippen molar-refractivity contribution < 1.29 is 14.6 Å². The predicted molar refractivity (Wildman–Crippen MR) is 106 cm³/mol. The smallest absolute Gasteiger partial charge is 0.246 e. The lowest BCUT2D eigenvalue weighted by Gasteiger charge is -1.98. The zero-order chi connectivity index (χ0) is 20.3. The molecule has 7 nitrogen and oxygen atoms in total. The molecule has 0 aliphatic heterocycles. The fourth-order valence-electron chi connectivity index (χ4n) is 2.56. The highest BCUT2D eigenvalue weighted by atomic mass is 16.6. The van der Waals surface area contributed by atoms with Gasteiger partial charge in [-0.05, 0) is 37.8 Å². The van der Waals surface area contributed by atoms with Gasteiger partial charge < -0.3 is 4.79 Å². The summed E-state index contributed by atoms with van der Waals surface area (Å²) >= 11 is 0. The Balaban J connectivity index is 4.38. The highest BCUT2D eigenvalue weighted by molar-refractivity contribution is 5.49. The van der Waals surface area contributed by atoms with Crippen LogP contribution in [0.2, 0.25) is 0 Å². The molecule has 0 amide bonds. The number of nitrogens with zero attached hydrogens (tertiary/aromatic N) is 2. The molecule has 0 heterocycles. The molecule has 0 unspecified atom stereocenters. The van der Waals surface area contributed by atoms with E-state index in [9.17, 15) is 25.0 Å². The second kappa shape index (κ2) is 17.1. The van der Waals surface area contributed by atoms with Gasteiger partial charge in [0.05, 0.1) is 16.3 Å². The van der Waals surface area contributed by atoms with Gasteiger partial charge >= 0.3 is 0 Å². The summed E-state index contributed by atoms with van der Waals surface area (Å²) in [5.74, 6) is 0. The summed E-state index contributed by atoms with van der Waals surface area (Å²) in [4.78, 5) is 31.4. The topological polar surface area (TPSA) is 103 Å². The number of aldehydes is 1. The molecule has 0 spiro atoms. The summed E-state index contributed by atoms with van der Waals surface area (Å²) in [7, 11) is 0. The maximum absolute atomic E-state index is 11.1. The Morgan fingerprint density at radius 3 is 2.07 bits per heavy atom. The third-order valence-electron chi connectivity index (χ3n) is 4.15. The average Bonchev–Trinajstić information content (AvgIpc) is 2.63. The Morgan fingerprint density at radius 1 is 0.815 bits per heavy atom. The van der Waals surface area contributed by atoms with E-state index >= 15 is 0 Å². The molecule has 0 saturated heterocycles. The lowest BCUT2D eigenvalue weighted by Crippen LogP contribution is -2.00. The molecule has 0 aromatic rings. The minimum absolute atomic E-state index is 0.00517. The van der Waals surface area contributed by atoms with Crippen LogP contribution < -0.4 is 0 Å². The van der Waals surface area contributed by atoms with Gasteiger partial charge in [0.1, 0.15) is 6.29 Å². The molecular formula is C20H32N2O5. The number of carbonyl (C=O) groups is 1. The van der Waals surface area contributed by atoms with E-state index in [0.717, 1.165) is 19.1 Å². The molecule has 7 heteroatoms. The van der Waals surface area contributed by atoms with Crippen LogP contribution >= 0.6 is 0 Å². The SMILES string of the molecule is CCCCCCCC/C=C/C/C(=C/C/C=C(/CCCC=O)[N+](=O)[O-])[N+](=O)[O-]. The standard InChI is InChI=1S/C20H32N2O5/c1-2-3-4-5-6-7-8-9-10-14-19(21(24)25)16-13-17-20(22(26)27)15-11-12-18-23/h9-10,16-18H,2-8,11-15H2,1H3/b10-9+,19-16-,20-17-. The van der Waals surface area contributed by atoms with Crippen LogP contribution in [0.3, 0.4) is 0 Å². The summed E-state index contributed by atoms with van der Waals surface area (Å²) in [6, 6.07) is 0. The first-order valence-corrected chi connectivity index (χ1v) is 9.78. The number of hydrogen-bond acceptors (Lipinski definition) is 5. The van der Waals surface area contributed by atoms with E-state index in [4.69, 9.17) is 0 Å². The van der Waals surface area contributed by atoms with Crippen molar-refractivity contribution in [3.05, 3.63) is 55.9 Å². The summed E-state index contributed by atoms with van der Waals surface area (Å²) in [6.07, 6.45) is 16.7. The predicted octanol–water partition coefficient (Wildman–Crippen LogP) is 5.76. The van der Waals surface area contributed by atoms with Gasteiger partial charge in [-0.25, -0.2) is 0 Å². The third-order valence-corrected chi connectivity index (χ3v) is 4.15. The zero-order valence-electron chi connectivity index (χ0n) is 16.3. The first kappa shape index (κ1) is 24.7. The Morgan fingerprint density at radius 2 is 1.44 bits per heavy atom. The van der Waals surface area contributed by atoms with Gasteiger partial charge in [0, 0.05) is 12.8 Å². The van der Waals surface area contributed by atoms with Crippen LogP contribution in [0.4, 0.5) is 0 Å². The molecule has 0 atom stereocenters. The van der Waals surface area contributed by atoms with Crippen LogP contribution in [0.15, 0.2) is 35.7 Å². The van der Waals surface area contributed by atoms with E-state index < -0.39 is 9.85 Å². The van der Waals surface area contributed by atoms with Crippen LogP contribution in [-0.4, -0.2) is 16.1 Å². The number of hydrogen-bond donors (Lipinski definition) is 0. The van der Waals surface area contributed by atoms with Gasteiger partial charge in [-0.2, -0.15) is 0 Å². The molecule has 0 saturated carbocycles. The Bertz CT molecular complexity index is 538. The van der Waals surface area contributed by atoms with E-state index in [2.05, 4.69) is 6.92 Å². The molecule has 0 aliphatic rings. The number of carbonyl (C=O) groups excluding carboxylic acids is 1. The Kier molecular flexibility index (Phi) is 15.7. The fourth-order valence-corrected chi connectivity index (χ4v) is 2.56. The maximum atomic E-state index is 11.1. The van der Waals surface area contributed by atoms with Crippen molar-refractivity contribution in [2.45, 2.75) is 84.0 Å². The van der Waals surface area contributed by atoms with Crippen molar-refractivity contribution in [3.8, 4) is 0 Å². The van der Waals surface area contributed by atoms with Crippen molar-refractivity contribution in [3.63, 3.8) is 0 Å². The van der Waals surface area contributed by atoms with Gasteiger partial charge in [0.2, 0.25) is 11.4 Å². The number of nitro groups is 2. The molecule has 152 valence electrons. The Hall–Kier alpha value is -2.31. The molecular weight excluding hydrogens is 348 g/mol. The van der Waals surface area contributed by atoms with Gasteiger partial charge in [0.15, 0.2) is 0 Å². The lowest BCUT2D eigenvalue weighted by molar-refractivity contribution is -0.428. The van der Waals surface area contributed by atoms with E-state index in [1.807, 2.05) is 6.08 Å². The van der Waals surface area contributed by atoms with Crippen LogP contribution in [0.1, 0.15) is 84.0 Å². The van der Waals surface area contributed by atoms with Gasteiger partial charge in [-0.15, -0.1) is 0 Å². The molecule has 27 heavy (non-hydrogen) atoms. The maximum Gasteiger partial charge on any atom is 0.246 e. The largest absolute Gasteiger partial charge is 0.303 e. The second-order valence-electron chi connectivity index (χ2n) is 6.43. The molecule has 0 aromatic heterocycles. The lowest BCUT2D eigenvalue weighted by atomic mass is 10.1. The van der Waals surface area contributed by atoms with E-state index in [1.165, 1.54) is 44.3 Å². The zero-order valence-corrected chi connectivity index (χ0v) is 16.3. The molecule has 0 radical (unpaired) electrons. The first-order chi connectivity index (χ1) is 13.0. The van der Waals surface area contributed by atoms with Crippen LogP contribution in [0.5, 0.6) is 0 Å². The summed E-state index contributed by atoms with van der Waals surface area (Å²) < 4.78 is 0. The molecule has 0 bridgehead atoms. The summed E-state index contributed by atoms with van der Waals surface area (Å²) in [5, 5.41) is 22.0. The van der Waals surface area contributed by atoms with Gasteiger partial charge in [-0.1, -0.05) is 51.2 Å². The minimum Gasteiger partial charge on any atom is -0.303 e. The van der Waals surface area contributed by atoms with Crippen LogP contribution in [0, 0.1) is 20.2 Å². The monoisotopic (exact) mass is 380 g/mol. The number of rotatable bonds is 17. The first-order valence-electron chi connectivity index (χ1n) is 9.78. The van der Waals surface area contributed by atoms with Crippen LogP contribution in [0.25, 0.3) is 0 Å². The number of allylic oxidation sites excluding steroid dienone is 5. The van der Waals surface area contributed by atoms with E-state index in [0.29, 0.717) is 6.42 Å². The summed E-state index contributed by atoms with van der Waals surface area (Å²) in [6.45, 7) is 2.19. The number of unbranched alkanes of at least 4 members (excludes halogenated alkanes) is 7. The average molecular weight is 380 g/mol. The van der Waals surface area contributed by atoms with E-state index in [1.54, 1.807) is 6.08 Å². The highest BCUT2D eigenvalue weighted by Gasteiger charge is 2.11. The van der Waals surface area contributed by atoms with Crippen molar-refractivity contribution in [2.24, 2.45) is 0 Å². The highest BCUT2D eigenvalue weighted by Crippen LogP contribution is 2.12. The van der Waals surface area contributed by atoms with Gasteiger partial charge in [-0.3, -0.25) is 20.2 Å². The van der Waals surface area contributed by atoms with Crippen molar-refractivity contribution in [1.82, 2.24) is 0 Å². The molecule has 0 fully saturated rings. The fraction of sp³-hybridized carbons (Fsp3) is 0.650. The minimum atomic E-state index is -0.495.